The molecule has 4 heteroatoms. The Labute approximate surface area is 106 Å². The van der Waals surface area contributed by atoms with Gasteiger partial charge in [0.15, 0.2) is 0 Å². The van der Waals surface area contributed by atoms with E-state index in [1.165, 1.54) is 0 Å². The molecule has 0 aromatic heterocycles. The second kappa shape index (κ2) is 6.02. The maximum Gasteiger partial charge on any atom is 0.319 e. The van der Waals surface area contributed by atoms with E-state index in [4.69, 9.17) is 5.11 Å². The van der Waals surface area contributed by atoms with Gasteiger partial charge in [-0.3, -0.25) is 0 Å². The number of urea groups is 1. The van der Waals surface area contributed by atoms with Gasteiger partial charge >= 0.3 is 6.03 Å². The molecule has 0 atom stereocenters. The van der Waals surface area contributed by atoms with Crippen molar-refractivity contribution >= 4 is 22.5 Å². The first kappa shape index (κ1) is 12.4. The number of anilines is 1. The van der Waals surface area contributed by atoms with Crippen LogP contribution in [-0.2, 0) is 0 Å². The first-order chi connectivity index (χ1) is 8.81. The minimum absolute atomic E-state index is 0.0779. The molecule has 0 aliphatic carbocycles. The molecular weight excluding hydrogens is 228 g/mol. The molecule has 94 valence electrons. The van der Waals surface area contributed by atoms with Crippen molar-refractivity contribution in [2.45, 2.75) is 6.42 Å². The van der Waals surface area contributed by atoms with E-state index in [0.717, 1.165) is 16.5 Å². The molecular formula is C14H16N2O2. The zero-order valence-electron chi connectivity index (χ0n) is 10.0. The molecule has 0 unspecified atom stereocenters. The molecule has 2 aromatic rings. The van der Waals surface area contributed by atoms with Gasteiger partial charge in [0.2, 0.25) is 0 Å². The molecule has 0 fully saturated rings. The number of rotatable bonds is 4. The molecule has 18 heavy (non-hydrogen) atoms. The Morgan fingerprint density at radius 1 is 1.11 bits per heavy atom. The summed E-state index contributed by atoms with van der Waals surface area (Å²) in [5.41, 5.74) is 0.787. The molecule has 2 aromatic carbocycles. The second-order valence-corrected chi connectivity index (χ2v) is 3.98. The van der Waals surface area contributed by atoms with Gasteiger partial charge in [-0.15, -0.1) is 0 Å². The first-order valence-electron chi connectivity index (χ1n) is 5.95. The van der Waals surface area contributed by atoms with Crippen LogP contribution in [0, 0.1) is 0 Å². The van der Waals surface area contributed by atoms with Crippen LogP contribution in [0.2, 0.25) is 0 Å². The third-order valence-corrected chi connectivity index (χ3v) is 2.66. The van der Waals surface area contributed by atoms with E-state index in [0.29, 0.717) is 13.0 Å². The molecule has 2 rings (SSSR count). The molecule has 3 N–H and O–H groups in total. The number of aliphatic hydroxyl groups excluding tert-OH is 1. The fraction of sp³-hybridized carbons (Fsp3) is 0.214. The van der Waals surface area contributed by atoms with E-state index < -0.39 is 0 Å². The zero-order valence-corrected chi connectivity index (χ0v) is 10.0. The molecule has 0 heterocycles. The van der Waals surface area contributed by atoms with E-state index >= 15 is 0 Å². The SMILES string of the molecule is O=C(NCCCO)Nc1cccc2ccccc12. The number of nitrogens with one attached hydrogen (secondary N) is 2. The van der Waals surface area contributed by atoms with Crippen molar-refractivity contribution in [3.8, 4) is 0 Å². The average molecular weight is 244 g/mol. The molecule has 0 saturated carbocycles. The maximum absolute atomic E-state index is 11.6. The van der Waals surface area contributed by atoms with Crippen LogP contribution in [0.4, 0.5) is 10.5 Å². The number of fused-ring (bicyclic) bond motifs is 1. The van der Waals surface area contributed by atoms with Crippen LogP contribution in [0.3, 0.4) is 0 Å². The minimum atomic E-state index is -0.250. The summed E-state index contributed by atoms with van der Waals surface area (Å²) in [5, 5.41) is 16.2. The summed E-state index contributed by atoms with van der Waals surface area (Å²) < 4.78 is 0. The summed E-state index contributed by atoms with van der Waals surface area (Å²) in [6.45, 7) is 0.543. The smallest absolute Gasteiger partial charge is 0.319 e. The van der Waals surface area contributed by atoms with E-state index in [1.54, 1.807) is 0 Å². The van der Waals surface area contributed by atoms with Crippen molar-refractivity contribution < 1.29 is 9.90 Å². The van der Waals surface area contributed by atoms with Gasteiger partial charge in [0.25, 0.3) is 0 Å². The lowest BCUT2D eigenvalue weighted by molar-refractivity contribution is 0.249. The third-order valence-electron chi connectivity index (χ3n) is 2.66. The zero-order chi connectivity index (χ0) is 12.8. The van der Waals surface area contributed by atoms with Crippen LogP contribution in [0.25, 0.3) is 10.8 Å². The highest BCUT2D eigenvalue weighted by Gasteiger charge is 2.04. The number of hydrogen-bond acceptors (Lipinski definition) is 2. The maximum atomic E-state index is 11.6. The lowest BCUT2D eigenvalue weighted by Crippen LogP contribution is -2.29. The van der Waals surface area contributed by atoms with Gasteiger partial charge < -0.3 is 15.7 Å². The standard InChI is InChI=1S/C14H16N2O2/c17-10-4-9-15-14(18)16-13-8-3-6-11-5-1-2-7-12(11)13/h1-3,5-8,17H,4,9-10H2,(H2,15,16,18). The normalized spacial score (nSPS) is 10.3. The van der Waals surface area contributed by atoms with Crippen molar-refractivity contribution in [3.63, 3.8) is 0 Å². The van der Waals surface area contributed by atoms with Gasteiger partial charge in [-0.2, -0.15) is 0 Å². The van der Waals surface area contributed by atoms with E-state index in [1.807, 2.05) is 42.5 Å². The molecule has 0 bridgehead atoms. The van der Waals surface area contributed by atoms with Crippen molar-refractivity contribution in [1.29, 1.82) is 0 Å². The number of carbonyl (C=O) groups excluding carboxylic acids is 1. The highest BCUT2D eigenvalue weighted by atomic mass is 16.3. The molecule has 0 aliphatic rings. The largest absolute Gasteiger partial charge is 0.396 e. The topological polar surface area (TPSA) is 61.4 Å². The van der Waals surface area contributed by atoms with Crippen LogP contribution < -0.4 is 10.6 Å². The van der Waals surface area contributed by atoms with E-state index in [9.17, 15) is 4.79 Å². The molecule has 4 nitrogen and oxygen atoms in total. The predicted molar refractivity (Wildman–Crippen MR) is 72.7 cm³/mol. The number of aliphatic hydroxyl groups is 1. The lowest BCUT2D eigenvalue weighted by atomic mass is 10.1. The van der Waals surface area contributed by atoms with Gasteiger partial charge in [0, 0.05) is 18.5 Å². The predicted octanol–water partition coefficient (Wildman–Crippen LogP) is 2.34. The molecule has 0 spiro atoms. The van der Waals surface area contributed by atoms with Gasteiger partial charge in [0.05, 0.1) is 5.69 Å². The third kappa shape index (κ3) is 2.99. The number of amides is 2. The summed E-state index contributed by atoms with van der Waals surface area (Å²) in [6.07, 6.45) is 0.558. The highest BCUT2D eigenvalue weighted by Crippen LogP contribution is 2.22. The van der Waals surface area contributed by atoms with Crippen LogP contribution in [-0.4, -0.2) is 24.3 Å². The van der Waals surface area contributed by atoms with Crippen molar-refractivity contribution in [1.82, 2.24) is 5.32 Å². The fourth-order valence-electron chi connectivity index (χ4n) is 1.78. The molecule has 0 radical (unpaired) electrons. The first-order valence-corrected chi connectivity index (χ1v) is 5.95. The Balaban J connectivity index is 2.09. The fourth-order valence-corrected chi connectivity index (χ4v) is 1.78. The van der Waals surface area contributed by atoms with Gasteiger partial charge in [-0.1, -0.05) is 36.4 Å². The monoisotopic (exact) mass is 244 g/mol. The number of carbonyl (C=O) groups is 1. The van der Waals surface area contributed by atoms with Crippen molar-refractivity contribution in [3.05, 3.63) is 42.5 Å². The average Bonchev–Trinajstić information content (AvgIpc) is 2.39. The van der Waals surface area contributed by atoms with Gasteiger partial charge in [0.1, 0.15) is 0 Å². The molecule has 2 amide bonds. The van der Waals surface area contributed by atoms with Crippen LogP contribution >= 0.6 is 0 Å². The van der Waals surface area contributed by atoms with Gasteiger partial charge in [-0.25, -0.2) is 4.79 Å². The minimum Gasteiger partial charge on any atom is -0.396 e. The Morgan fingerprint density at radius 2 is 1.89 bits per heavy atom. The molecule has 0 aliphatic heterocycles. The quantitative estimate of drug-likeness (QED) is 0.723. The number of benzene rings is 2. The van der Waals surface area contributed by atoms with Crippen LogP contribution in [0.1, 0.15) is 6.42 Å². The Kier molecular flexibility index (Phi) is 4.15. The van der Waals surface area contributed by atoms with Crippen molar-refractivity contribution in [2.75, 3.05) is 18.5 Å². The Morgan fingerprint density at radius 3 is 2.72 bits per heavy atom. The summed E-state index contributed by atoms with van der Waals surface area (Å²) in [6, 6.07) is 13.4. The van der Waals surface area contributed by atoms with Crippen LogP contribution in [0.15, 0.2) is 42.5 Å². The summed E-state index contributed by atoms with van der Waals surface area (Å²) in [4.78, 5) is 11.6. The summed E-state index contributed by atoms with van der Waals surface area (Å²) in [7, 11) is 0. The Bertz CT molecular complexity index is 535. The number of hydrogen-bond donors (Lipinski definition) is 3. The summed E-state index contributed by atoms with van der Waals surface area (Å²) >= 11 is 0. The lowest BCUT2D eigenvalue weighted by Gasteiger charge is -2.09. The van der Waals surface area contributed by atoms with Crippen LogP contribution in [0.5, 0.6) is 0 Å². The highest BCUT2D eigenvalue weighted by molar-refractivity contribution is 6.01. The van der Waals surface area contributed by atoms with E-state index in [2.05, 4.69) is 10.6 Å². The van der Waals surface area contributed by atoms with E-state index in [-0.39, 0.29) is 12.6 Å². The second-order valence-electron chi connectivity index (χ2n) is 3.98. The van der Waals surface area contributed by atoms with Crippen molar-refractivity contribution in [2.24, 2.45) is 0 Å². The molecule has 0 saturated heterocycles. The summed E-state index contributed by atoms with van der Waals surface area (Å²) in [5.74, 6) is 0. The Hall–Kier alpha value is -2.07. The van der Waals surface area contributed by atoms with Gasteiger partial charge in [-0.05, 0) is 17.9 Å².